The van der Waals surface area contributed by atoms with E-state index in [1.54, 1.807) is 22.2 Å². The number of likely N-dealkylation sites (tertiary alicyclic amines) is 1. The summed E-state index contributed by atoms with van der Waals surface area (Å²) in [6.07, 6.45) is 3.92. The fourth-order valence-corrected chi connectivity index (χ4v) is 7.08. The third-order valence-electron chi connectivity index (χ3n) is 10.1. The van der Waals surface area contributed by atoms with Crippen molar-refractivity contribution in [1.29, 1.82) is 0 Å². The van der Waals surface area contributed by atoms with Crippen LogP contribution in [0.25, 0.3) is 33.6 Å². The molecule has 15 nitrogen and oxygen atoms in total. The van der Waals surface area contributed by atoms with E-state index < -0.39 is 24.3 Å². The maximum Gasteiger partial charge on any atom is 0.407 e. The van der Waals surface area contributed by atoms with Crippen LogP contribution < -0.4 is 16.0 Å². The number of methoxy groups -OCH3 is 2. The molecule has 4 heterocycles. The number of hydrogen-bond donors (Lipinski definition) is 5. The van der Waals surface area contributed by atoms with Gasteiger partial charge in [0.2, 0.25) is 11.8 Å². The molecule has 15 heteroatoms. The second-order valence-electron chi connectivity index (χ2n) is 14.4. The summed E-state index contributed by atoms with van der Waals surface area (Å²) in [6, 6.07) is 14.5. The monoisotopic (exact) mass is 739 g/mol. The van der Waals surface area contributed by atoms with E-state index in [4.69, 9.17) is 9.47 Å². The number of amides is 4. The van der Waals surface area contributed by atoms with E-state index in [-0.39, 0.29) is 35.7 Å². The molecule has 0 saturated carbocycles. The maximum absolute atomic E-state index is 13.5. The Hall–Kier alpha value is -5.70. The van der Waals surface area contributed by atoms with Crippen LogP contribution >= 0.6 is 0 Å². The van der Waals surface area contributed by atoms with E-state index in [2.05, 4.69) is 60.2 Å². The Kier molecular flexibility index (Phi) is 11.6. The quantitative estimate of drug-likeness (QED) is 0.141. The Balaban J connectivity index is 1.11. The first-order chi connectivity index (χ1) is 26.0. The molecule has 54 heavy (non-hydrogen) atoms. The molecule has 2 aliphatic heterocycles. The normalized spacial score (nSPS) is 18.1. The molecule has 5 N–H and O–H groups in total. The molecule has 2 saturated heterocycles. The summed E-state index contributed by atoms with van der Waals surface area (Å²) in [6.45, 7) is 9.02. The van der Waals surface area contributed by atoms with Crippen LogP contribution in [0.2, 0.25) is 0 Å². The van der Waals surface area contributed by atoms with Crippen LogP contribution in [0.4, 0.5) is 9.59 Å². The summed E-state index contributed by atoms with van der Waals surface area (Å²) in [5, 5.41) is 8.61. The minimum atomic E-state index is -0.727. The van der Waals surface area contributed by atoms with E-state index in [0.717, 1.165) is 52.3 Å². The van der Waals surface area contributed by atoms with Gasteiger partial charge in [0, 0.05) is 13.1 Å². The number of imidazole rings is 2. The number of benzene rings is 2. The molecule has 1 unspecified atom stereocenters. The van der Waals surface area contributed by atoms with Crippen molar-refractivity contribution in [3.05, 3.63) is 72.6 Å². The number of hydrogen-bond acceptors (Lipinski definition) is 9. The van der Waals surface area contributed by atoms with Crippen molar-refractivity contribution >= 4 is 24.0 Å². The second-order valence-corrected chi connectivity index (χ2v) is 14.4. The van der Waals surface area contributed by atoms with E-state index >= 15 is 0 Å². The molecule has 4 atom stereocenters. The summed E-state index contributed by atoms with van der Waals surface area (Å²) in [5.41, 5.74) is 5.70. The predicted molar refractivity (Wildman–Crippen MR) is 202 cm³/mol. The lowest BCUT2D eigenvalue weighted by Gasteiger charge is -2.30. The van der Waals surface area contributed by atoms with E-state index in [0.29, 0.717) is 25.6 Å². The van der Waals surface area contributed by atoms with Crippen molar-refractivity contribution < 1.29 is 28.7 Å². The van der Waals surface area contributed by atoms with Crippen molar-refractivity contribution in [3.63, 3.8) is 0 Å². The number of rotatable bonds is 11. The zero-order valence-corrected chi connectivity index (χ0v) is 31.5. The number of nitrogens with zero attached hydrogens (tertiary/aromatic N) is 4. The van der Waals surface area contributed by atoms with Gasteiger partial charge in [-0.1, -0.05) is 76.2 Å². The standard InChI is InChI=1S/C39H49N9O6/c1-22(2)32(45-38(51)53-5)36(49)47-17-7-8-30(47)34-41-18-28(43-34)26-13-9-24(10-14-26)25-11-15-27(16-12-25)29-19-42-35(44-29)31-20-40-21-48(31)37(50)33(23(3)4)46-39(52)54-6/h9-16,18-19,22-23,30-33,40H,7-8,17,20-21H2,1-6H3,(H,41,43)(H,42,44)(H,45,51)(H,46,52)/t30-,31-,32-,33?/m0/s1. The van der Waals surface area contributed by atoms with E-state index in [1.165, 1.54) is 14.2 Å². The summed E-state index contributed by atoms with van der Waals surface area (Å²) in [5.74, 6) is 0.795. The van der Waals surface area contributed by atoms with Crippen LogP contribution in [-0.2, 0) is 19.1 Å². The molecule has 2 fully saturated rings. The maximum atomic E-state index is 13.5. The number of H-pyrrole nitrogens is 2. The summed E-state index contributed by atoms with van der Waals surface area (Å²) < 4.78 is 9.48. The Morgan fingerprint density at radius 1 is 0.685 bits per heavy atom. The van der Waals surface area contributed by atoms with Gasteiger partial charge in [-0.15, -0.1) is 0 Å². The van der Waals surface area contributed by atoms with Crippen LogP contribution in [0.1, 0.15) is 64.3 Å². The highest BCUT2D eigenvalue weighted by Crippen LogP contribution is 2.34. The summed E-state index contributed by atoms with van der Waals surface area (Å²) in [4.78, 5) is 70.5. The fraction of sp³-hybridized carbons (Fsp3) is 0.436. The number of alkyl carbamates (subject to hydrolysis) is 2. The molecule has 0 aliphatic carbocycles. The fourth-order valence-electron chi connectivity index (χ4n) is 7.08. The highest BCUT2D eigenvalue weighted by atomic mass is 16.5. The first-order valence-electron chi connectivity index (χ1n) is 18.3. The Morgan fingerprint density at radius 3 is 1.59 bits per heavy atom. The van der Waals surface area contributed by atoms with E-state index in [1.807, 2.05) is 52.0 Å². The molecular weight excluding hydrogens is 690 g/mol. The number of carbonyl (C=O) groups excluding carboxylic acids is 4. The number of carbonyl (C=O) groups is 4. The van der Waals surface area contributed by atoms with Crippen molar-refractivity contribution in [1.82, 2.24) is 45.7 Å². The van der Waals surface area contributed by atoms with Gasteiger partial charge in [0.25, 0.3) is 0 Å². The summed E-state index contributed by atoms with van der Waals surface area (Å²) >= 11 is 0. The number of aromatic amines is 2. The zero-order valence-electron chi connectivity index (χ0n) is 31.5. The molecule has 2 aromatic carbocycles. The van der Waals surface area contributed by atoms with Crippen LogP contribution in [0.5, 0.6) is 0 Å². The van der Waals surface area contributed by atoms with Crippen LogP contribution in [0, 0.1) is 11.8 Å². The predicted octanol–water partition coefficient (Wildman–Crippen LogP) is 4.99. The smallest absolute Gasteiger partial charge is 0.407 e. The second kappa shape index (κ2) is 16.5. The van der Waals surface area contributed by atoms with Crippen molar-refractivity contribution in [2.45, 2.75) is 64.7 Å². The van der Waals surface area contributed by atoms with E-state index in [9.17, 15) is 19.2 Å². The SMILES string of the molecule is COC(=O)NC(C(=O)N1CNC[C@H]1c1ncc(-c2ccc(-c3ccc(-c4cnc([C@@H]5CCCN5C(=O)[C@@H](NC(=O)OC)C(C)C)[nH]4)cc3)cc2)[nH]1)C(C)C. The highest BCUT2D eigenvalue weighted by Gasteiger charge is 2.39. The minimum absolute atomic E-state index is 0.106. The van der Waals surface area contributed by atoms with Gasteiger partial charge in [0.05, 0.1) is 50.7 Å². The zero-order chi connectivity index (χ0) is 38.5. The van der Waals surface area contributed by atoms with Gasteiger partial charge in [0.15, 0.2) is 0 Å². The third kappa shape index (κ3) is 8.10. The molecule has 4 aromatic rings. The number of ether oxygens (including phenoxy) is 2. The first-order valence-corrected chi connectivity index (χ1v) is 18.3. The highest BCUT2D eigenvalue weighted by molar-refractivity contribution is 5.87. The molecular formula is C39H49N9O6. The molecule has 4 amide bonds. The minimum Gasteiger partial charge on any atom is -0.453 e. The Labute approximate surface area is 314 Å². The van der Waals surface area contributed by atoms with Crippen LogP contribution in [-0.4, -0.2) is 99.8 Å². The van der Waals surface area contributed by atoms with Crippen molar-refractivity contribution in [2.75, 3.05) is 34.0 Å². The number of nitrogens with one attached hydrogen (secondary N) is 5. The molecule has 286 valence electrons. The molecule has 0 bridgehead atoms. The average molecular weight is 740 g/mol. The topological polar surface area (TPSA) is 187 Å². The first kappa shape index (κ1) is 38.0. The molecule has 6 rings (SSSR count). The van der Waals surface area contributed by atoms with Crippen LogP contribution in [0.3, 0.4) is 0 Å². The van der Waals surface area contributed by atoms with Gasteiger partial charge in [-0.3, -0.25) is 14.9 Å². The Morgan fingerprint density at radius 2 is 1.13 bits per heavy atom. The largest absolute Gasteiger partial charge is 0.453 e. The van der Waals surface area contributed by atoms with Crippen molar-refractivity contribution in [2.24, 2.45) is 11.8 Å². The van der Waals surface area contributed by atoms with Gasteiger partial charge in [-0.05, 0) is 46.9 Å². The third-order valence-corrected chi connectivity index (χ3v) is 10.1. The van der Waals surface area contributed by atoms with Gasteiger partial charge in [-0.25, -0.2) is 19.6 Å². The summed E-state index contributed by atoms with van der Waals surface area (Å²) in [7, 11) is 2.56. The van der Waals surface area contributed by atoms with Crippen molar-refractivity contribution in [3.8, 4) is 33.6 Å². The molecule has 0 radical (unpaired) electrons. The lowest BCUT2D eigenvalue weighted by Crippen LogP contribution is -2.51. The molecule has 2 aliphatic rings. The lowest BCUT2D eigenvalue weighted by atomic mass is 10.0. The lowest BCUT2D eigenvalue weighted by molar-refractivity contribution is -0.136. The van der Waals surface area contributed by atoms with Gasteiger partial charge in [-0.2, -0.15) is 0 Å². The van der Waals surface area contributed by atoms with Crippen LogP contribution in [0.15, 0.2) is 60.9 Å². The molecule has 0 spiro atoms. The van der Waals surface area contributed by atoms with Gasteiger partial charge >= 0.3 is 12.2 Å². The van der Waals surface area contributed by atoms with Gasteiger partial charge < -0.3 is 39.9 Å². The van der Waals surface area contributed by atoms with Gasteiger partial charge in [0.1, 0.15) is 29.8 Å². The molecule has 2 aromatic heterocycles. The number of aromatic nitrogens is 4. The average Bonchev–Trinajstić information content (AvgIpc) is 4.02. The Bertz CT molecular complexity index is 1800.